The number of nitrogens with one attached hydrogen (secondary N) is 1. The molecule has 0 aliphatic heterocycles. The molecule has 106 valence electrons. The summed E-state index contributed by atoms with van der Waals surface area (Å²) >= 11 is 0. The zero-order valence-corrected chi connectivity index (χ0v) is 11.3. The fraction of sp³-hybridized carbons (Fsp3) is 0.462. The summed E-state index contributed by atoms with van der Waals surface area (Å²) < 4.78 is 23.5. The van der Waals surface area contributed by atoms with Gasteiger partial charge in [-0.1, -0.05) is 0 Å². The number of hydrogen-bond donors (Lipinski definition) is 2. The van der Waals surface area contributed by atoms with E-state index in [2.05, 4.69) is 5.32 Å². The Labute approximate surface area is 111 Å². The zero-order valence-electron chi connectivity index (χ0n) is 11.3. The fourth-order valence-electron chi connectivity index (χ4n) is 1.26. The molecule has 0 aliphatic rings. The van der Waals surface area contributed by atoms with Crippen LogP contribution in [0.3, 0.4) is 0 Å². The van der Waals surface area contributed by atoms with Gasteiger partial charge in [-0.25, -0.2) is 9.18 Å². The van der Waals surface area contributed by atoms with Crippen LogP contribution in [0.5, 0.6) is 5.75 Å². The maximum absolute atomic E-state index is 13.3. The van der Waals surface area contributed by atoms with Crippen LogP contribution in [0, 0.1) is 5.82 Å². The first-order valence-corrected chi connectivity index (χ1v) is 5.92. The number of alkyl carbamates (subject to hydrolysis) is 1. The minimum atomic E-state index is -0.548. The minimum Gasteiger partial charge on any atom is -0.489 e. The Balaban J connectivity index is 2.29. The molecule has 3 N–H and O–H groups in total. The van der Waals surface area contributed by atoms with Crippen molar-refractivity contribution in [2.24, 2.45) is 0 Å². The number of ether oxygens (including phenoxy) is 2. The lowest BCUT2D eigenvalue weighted by Gasteiger charge is -2.19. The molecule has 6 heteroatoms. The highest BCUT2D eigenvalue weighted by molar-refractivity contribution is 5.67. The largest absolute Gasteiger partial charge is 0.489 e. The Kier molecular flexibility index (Phi) is 4.97. The van der Waals surface area contributed by atoms with Crippen molar-refractivity contribution in [3.63, 3.8) is 0 Å². The van der Waals surface area contributed by atoms with Crippen molar-refractivity contribution in [3.8, 4) is 5.75 Å². The number of nitrogens with two attached hydrogens (primary N) is 1. The molecule has 0 spiro atoms. The Hall–Kier alpha value is -1.98. The third-order valence-corrected chi connectivity index (χ3v) is 1.98. The van der Waals surface area contributed by atoms with E-state index in [0.717, 1.165) is 0 Å². The predicted molar refractivity (Wildman–Crippen MR) is 70.5 cm³/mol. The molecule has 0 bridgehead atoms. The second kappa shape index (κ2) is 6.26. The summed E-state index contributed by atoms with van der Waals surface area (Å²) in [5.41, 5.74) is 5.19. The van der Waals surface area contributed by atoms with Gasteiger partial charge in [-0.3, -0.25) is 0 Å². The van der Waals surface area contributed by atoms with Gasteiger partial charge in [-0.05, 0) is 32.9 Å². The molecule has 0 aliphatic carbocycles. The van der Waals surface area contributed by atoms with Gasteiger partial charge >= 0.3 is 6.09 Å². The Morgan fingerprint density at radius 1 is 1.42 bits per heavy atom. The second-order valence-corrected chi connectivity index (χ2v) is 4.97. The van der Waals surface area contributed by atoms with E-state index in [1.54, 1.807) is 26.8 Å². The maximum Gasteiger partial charge on any atom is 0.407 e. The number of benzene rings is 1. The minimum absolute atomic E-state index is 0.0974. The molecular formula is C13H19FN2O3. The molecule has 1 rings (SSSR count). The monoisotopic (exact) mass is 270 g/mol. The average Bonchev–Trinajstić information content (AvgIpc) is 2.24. The van der Waals surface area contributed by atoms with E-state index in [9.17, 15) is 9.18 Å². The Morgan fingerprint density at radius 2 is 2.11 bits per heavy atom. The van der Waals surface area contributed by atoms with Crippen LogP contribution in [0.25, 0.3) is 0 Å². The van der Waals surface area contributed by atoms with Gasteiger partial charge in [0.2, 0.25) is 0 Å². The van der Waals surface area contributed by atoms with Crippen LogP contribution in [0.1, 0.15) is 20.8 Å². The van der Waals surface area contributed by atoms with Crippen LogP contribution in [-0.2, 0) is 4.74 Å². The molecule has 1 aromatic rings. The molecule has 0 heterocycles. The number of nitrogen functional groups attached to an aromatic ring is 1. The van der Waals surface area contributed by atoms with Gasteiger partial charge in [0.1, 0.15) is 12.2 Å². The third kappa shape index (κ3) is 5.94. The number of carbonyl (C=O) groups excluding carboxylic acids is 1. The van der Waals surface area contributed by atoms with Crippen molar-refractivity contribution in [2.45, 2.75) is 26.4 Å². The summed E-state index contributed by atoms with van der Waals surface area (Å²) in [6.45, 7) is 5.67. The number of anilines is 1. The number of carbonyl (C=O) groups is 1. The van der Waals surface area contributed by atoms with E-state index in [-0.39, 0.29) is 18.9 Å². The molecule has 1 aromatic carbocycles. The number of amides is 1. The number of hydrogen-bond acceptors (Lipinski definition) is 4. The van der Waals surface area contributed by atoms with E-state index in [1.807, 2.05) is 0 Å². The molecule has 0 unspecified atom stereocenters. The molecule has 5 nitrogen and oxygen atoms in total. The number of halogens is 1. The highest BCUT2D eigenvalue weighted by Gasteiger charge is 2.15. The summed E-state index contributed by atoms with van der Waals surface area (Å²) in [5, 5.41) is 2.51. The average molecular weight is 270 g/mol. The van der Waals surface area contributed by atoms with Crippen molar-refractivity contribution in [1.29, 1.82) is 0 Å². The zero-order chi connectivity index (χ0) is 14.5. The lowest BCUT2D eigenvalue weighted by atomic mass is 10.2. The van der Waals surface area contributed by atoms with Crippen molar-refractivity contribution in [1.82, 2.24) is 5.32 Å². The molecule has 0 atom stereocenters. The van der Waals surface area contributed by atoms with Crippen LogP contribution in [-0.4, -0.2) is 24.8 Å². The topological polar surface area (TPSA) is 73.6 Å². The van der Waals surface area contributed by atoms with Crippen LogP contribution in [0.15, 0.2) is 18.2 Å². The van der Waals surface area contributed by atoms with E-state index in [0.29, 0.717) is 5.69 Å². The highest BCUT2D eigenvalue weighted by atomic mass is 19.1. The second-order valence-electron chi connectivity index (χ2n) is 4.97. The van der Waals surface area contributed by atoms with Crippen molar-refractivity contribution in [3.05, 3.63) is 24.0 Å². The Morgan fingerprint density at radius 3 is 2.68 bits per heavy atom. The molecule has 0 radical (unpaired) electrons. The molecule has 0 fully saturated rings. The fourth-order valence-corrected chi connectivity index (χ4v) is 1.26. The van der Waals surface area contributed by atoms with E-state index in [4.69, 9.17) is 15.2 Å². The predicted octanol–water partition coefficient (Wildman–Crippen LogP) is 2.31. The summed E-state index contributed by atoms with van der Waals surface area (Å²) in [7, 11) is 0. The van der Waals surface area contributed by atoms with Crippen LogP contribution < -0.4 is 15.8 Å². The summed E-state index contributed by atoms with van der Waals surface area (Å²) in [6.07, 6.45) is -0.533. The lowest BCUT2D eigenvalue weighted by molar-refractivity contribution is 0.0520. The van der Waals surface area contributed by atoms with Gasteiger partial charge in [-0.15, -0.1) is 0 Å². The van der Waals surface area contributed by atoms with Gasteiger partial charge in [0, 0.05) is 11.8 Å². The molecule has 0 saturated carbocycles. The van der Waals surface area contributed by atoms with E-state index >= 15 is 0 Å². The first kappa shape index (κ1) is 15.1. The third-order valence-electron chi connectivity index (χ3n) is 1.98. The van der Waals surface area contributed by atoms with Crippen LogP contribution in [0.2, 0.25) is 0 Å². The molecular weight excluding hydrogens is 251 g/mol. The summed E-state index contributed by atoms with van der Waals surface area (Å²) in [6, 6.07) is 4.16. The van der Waals surface area contributed by atoms with Gasteiger partial charge < -0.3 is 20.5 Å². The first-order valence-electron chi connectivity index (χ1n) is 5.92. The quantitative estimate of drug-likeness (QED) is 0.650. The summed E-state index contributed by atoms with van der Waals surface area (Å²) in [5.74, 6) is -0.433. The normalized spacial score (nSPS) is 10.9. The number of rotatable bonds is 4. The van der Waals surface area contributed by atoms with Gasteiger partial charge in [-0.2, -0.15) is 0 Å². The lowest BCUT2D eigenvalue weighted by Crippen LogP contribution is -2.34. The highest BCUT2D eigenvalue weighted by Crippen LogP contribution is 2.18. The first-order chi connectivity index (χ1) is 8.78. The van der Waals surface area contributed by atoms with Crippen LogP contribution in [0.4, 0.5) is 14.9 Å². The van der Waals surface area contributed by atoms with Crippen molar-refractivity contribution in [2.75, 3.05) is 18.9 Å². The van der Waals surface area contributed by atoms with Crippen LogP contribution >= 0.6 is 0 Å². The Bertz CT molecular complexity index is 444. The van der Waals surface area contributed by atoms with Gasteiger partial charge in [0.05, 0.1) is 6.54 Å². The SMILES string of the molecule is CC(C)(C)OC(=O)NCCOc1ccc(N)cc1F. The van der Waals surface area contributed by atoms with Gasteiger partial charge in [0.15, 0.2) is 11.6 Å². The molecule has 19 heavy (non-hydrogen) atoms. The van der Waals surface area contributed by atoms with Gasteiger partial charge in [0.25, 0.3) is 0 Å². The molecule has 0 saturated heterocycles. The summed E-state index contributed by atoms with van der Waals surface area (Å²) in [4.78, 5) is 11.3. The van der Waals surface area contributed by atoms with E-state index in [1.165, 1.54) is 12.1 Å². The van der Waals surface area contributed by atoms with Crippen molar-refractivity contribution < 1.29 is 18.7 Å². The van der Waals surface area contributed by atoms with E-state index < -0.39 is 17.5 Å². The smallest absolute Gasteiger partial charge is 0.407 e. The maximum atomic E-state index is 13.3. The molecule has 1 amide bonds. The van der Waals surface area contributed by atoms with Crippen molar-refractivity contribution >= 4 is 11.8 Å². The molecule has 0 aromatic heterocycles. The standard InChI is InChI=1S/C13H19FN2O3/c1-13(2,3)19-12(17)16-6-7-18-11-5-4-9(15)8-10(11)14/h4-5,8H,6-7,15H2,1-3H3,(H,16,17).